The molecule has 3 N–H and O–H groups in total. The van der Waals surface area contributed by atoms with Crippen LogP contribution in [0.3, 0.4) is 0 Å². The topological polar surface area (TPSA) is 106 Å². The van der Waals surface area contributed by atoms with Crippen LogP contribution in [0, 0.1) is 23.2 Å². The zero-order chi connectivity index (χ0) is 32.1. The van der Waals surface area contributed by atoms with Crippen molar-refractivity contribution in [3.8, 4) is 0 Å². The van der Waals surface area contributed by atoms with E-state index in [9.17, 15) is 14.4 Å². The Morgan fingerprint density at radius 3 is 2.32 bits per heavy atom. The SMILES string of the molecule is CCCCCC(=O)NC[C@H](NC(=O)c1ccc(CCCC)cc1)C(=O)N[C@@H](CC(C)C)B1O[C@@H]2C[C@@H]3C[C@@H](C3(C)C)[C@]2(C)O1. The molecule has 3 saturated carbocycles. The lowest BCUT2D eigenvalue weighted by atomic mass is 9.43. The highest BCUT2D eigenvalue weighted by Crippen LogP contribution is 2.65. The minimum Gasteiger partial charge on any atom is -0.404 e. The lowest BCUT2D eigenvalue weighted by Crippen LogP contribution is -2.65. The maximum Gasteiger partial charge on any atom is 0.481 e. The molecule has 1 heterocycles. The zero-order valence-electron chi connectivity index (χ0n) is 28.2. The van der Waals surface area contributed by atoms with Crippen molar-refractivity contribution in [2.24, 2.45) is 23.2 Å². The van der Waals surface area contributed by atoms with Crippen LogP contribution in [-0.4, -0.2) is 55.1 Å². The number of hydrogen-bond donors (Lipinski definition) is 3. The third kappa shape index (κ3) is 7.87. The Labute approximate surface area is 265 Å². The molecule has 0 radical (unpaired) electrons. The fourth-order valence-electron chi connectivity index (χ4n) is 7.59. The summed E-state index contributed by atoms with van der Waals surface area (Å²) < 4.78 is 13.3. The quantitative estimate of drug-likeness (QED) is 0.167. The van der Waals surface area contributed by atoms with Gasteiger partial charge in [-0.3, -0.25) is 14.4 Å². The molecule has 44 heavy (non-hydrogen) atoms. The third-order valence-corrected chi connectivity index (χ3v) is 10.5. The summed E-state index contributed by atoms with van der Waals surface area (Å²) >= 11 is 0. The number of amides is 3. The van der Waals surface area contributed by atoms with Gasteiger partial charge in [0.15, 0.2) is 0 Å². The molecule has 4 fully saturated rings. The predicted octanol–water partition coefficient (Wildman–Crippen LogP) is 5.62. The van der Waals surface area contributed by atoms with Crippen LogP contribution >= 0.6 is 0 Å². The first-order chi connectivity index (χ1) is 20.9. The summed E-state index contributed by atoms with van der Waals surface area (Å²) in [5.41, 5.74) is 1.50. The number of nitrogens with one attached hydrogen (secondary N) is 3. The number of unbranched alkanes of at least 4 members (excludes halogenated alkanes) is 3. The van der Waals surface area contributed by atoms with Gasteiger partial charge in [-0.25, -0.2) is 0 Å². The molecule has 4 aliphatic rings. The van der Waals surface area contributed by atoms with Gasteiger partial charge in [-0.05, 0) is 86.3 Å². The molecular weight excluding hydrogens is 553 g/mol. The van der Waals surface area contributed by atoms with Crippen molar-refractivity contribution in [2.45, 2.75) is 136 Å². The second-order valence-electron chi connectivity index (χ2n) is 14.7. The summed E-state index contributed by atoms with van der Waals surface area (Å²) in [5, 5.41) is 8.96. The number of carbonyl (C=O) groups is 3. The van der Waals surface area contributed by atoms with E-state index in [1.807, 2.05) is 12.1 Å². The van der Waals surface area contributed by atoms with Crippen LogP contribution in [0.1, 0.15) is 122 Å². The van der Waals surface area contributed by atoms with E-state index in [0.29, 0.717) is 30.2 Å². The molecule has 3 aliphatic carbocycles. The Bertz CT molecular complexity index is 1140. The van der Waals surface area contributed by atoms with Gasteiger partial charge in [0.2, 0.25) is 11.8 Å². The van der Waals surface area contributed by atoms with Crippen LogP contribution in [0.5, 0.6) is 0 Å². The van der Waals surface area contributed by atoms with E-state index < -0.39 is 13.2 Å². The molecule has 0 unspecified atom stereocenters. The maximum absolute atomic E-state index is 13.9. The van der Waals surface area contributed by atoms with E-state index in [1.54, 1.807) is 12.1 Å². The molecule has 0 aromatic heterocycles. The first-order valence-electron chi connectivity index (χ1n) is 17.2. The molecule has 2 bridgehead atoms. The first kappa shape index (κ1) is 34.5. The van der Waals surface area contributed by atoms with Gasteiger partial charge in [0.25, 0.3) is 5.91 Å². The van der Waals surface area contributed by atoms with E-state index in [2.05, 4.69) is 64.4 Å². The fraction of sp³-hybridized carbons (Fsp3) is 0.743. The molecule has 244 valence electrons. The first-order valence-corrected chi connectivity index (χ1v) is 17.2. The van der Waals surface area contributed by atoms with Gasteiger partial charge in [0, 0.05) is 18.5 Å². The van der Waals surface area contributed by atoms with E-state index in [-0.39, 0.29) is 53.2 Å². The summed E-state index contributed by atoms with van der Waals surface area (Å²) in [5.74, 6) is 0.129. The van der Waals surface area contributed by atoms with Crippen LogP contribution in [0.15, 0.2) is 24.3 Å². The maximum atomic E-state index is 13.9. The highest BCUT2D eigenvalue weighted by molar-refractivity contribution is 6.48. The van der Waals surface area contributed by atoms with Gasteiger partial charge in [-0.15, -0.1) is 0 Å². The van der Waals surface area contributed by atoms with Crippen LogP contribution in [0.4, 0.5) is 0 Å². The monoisotopic (exact) mass is 609 g/mol. The molecule has 8 nitrogen and oxygen atoms in total. The van der Waals surface area contributed by atoms with E-state index in [1.165, 1.54) is 5.56 Å². The molecule has 1 aromatic rings. The zero-order valence-corrected chi connectivity index (χ0v) is 28.2. The Morgan fingerprint density at radius 1 is 0.977 bits per heavy atom. The van der Waals surface area contributed by atoms with Crippen molar-refractivity contribution in [1.29, 1.82) is 0 Å². The lowest BCUT2D eigenvalue weighted by Gasteiger charge is -2.64. The van der Waals surface area contributed by atoms with E-state index >= 15 is 0 Å². The smallest absolute Gasteiger partial charge is 0.404 e. The summed E-state index contributed by atoms with van der Waals surface area (Å²) in [6.45, 7) is 15.3. The van der Waals surface area contributed by atoms with Gasteiger partial charge >= 0.3 is 7.12 Å². The molecule has 5 rings (SSSR count). The Kier molecular flexibility index (Phi) is 11.6. The minimum atomic E-state index is -0.946. The third-order valence-electron chi connectivity index (χ3n) is 10.5. The number of rotatable bonds is 16. The van der Waals surface area contributed by atoms with Crippen molar-refractivity contribution >= 4 is 24.8 Å². The Morgan fingerprint density at radius 2 is 1.68 bits per heavy atom. The summed E-state index contributed by atoms with van der Waals surface area (Å²) in [4.78, 5) is 39.8. The van der Waals surface area contributed by atoms with Gasteiger partial charge in [-0.1, -0.05) is 72.9 Å². The minimum absolute atomic E-state index is 0.00838. The van der Waals surface area contributed by atoms with E-state index in [4.69, 9.17) is 9.31 Å². The summed E-state index contributed by atoms with van der Waals surface area (Å²) in [6, 6.07) is 6.59. The standard InChI is InChI=1S/C35H56BN3O5/c1-8-10-12-14-31(40)37-22-27(38-32(41)25-17-15-24(16-18-25)13-11-9-2)33(42)39-30(19-23(3)4)36-43-29-21-26-20-28(34(26,5)6)35(29,7)44-36/h15-18,23,26-30H,8-14,19-22H2,1-7H3,(H,37,40)(H,38,41)(H,39,42)/t26-,27-,28-,29+,30-,35-/m0/s1. The van der Waals surface area contributed by atoms with Crippen molar-refractivity contribution in [3.05, 3.63) is 35.4 Å². The van der Waals surface area contributed by atoms with Gasteiger partial charge in [0.05, 0.1) is 17.6 Å². The average Bonchev–Trinajstić information content (AvgIpc) is 3.35. The van der Waals surface area contributed by atoms with Crippen molar-refractivity contribution in [1.82, 2.24) is 16.0 Å². The summed E-state index contributed by atoms with van der Waals surface area (Å²) in [7, 11) is -0.567. The highest BCUT2D eigenvalue weighted by Gasteiger charge is 2.68. The van der Waals surface area contributed by atoms with Crippen molar-refractivity contribution in [2.75, 3.05) is 6.54 Å². The normalized spacial score (nSPS) is 26.4. The van der Waals surface area contributed by atoms with Crippen LogP contribution in [-0.2, 0) is 25.3 Å². The highest BCUT2D eigenvalue weighted by atomic mass is 16.7. The van der Waals surface area contributed by atoms with Crippen molar-refractivity contribution < 1.29 is 23.7 Å². The van der Waals surface area contributed by atoms with E-state index in [0.717, 1.165) is 51.4 Å². The predicted molar refractivity (Wildman–Crippen MR) is 175 cm³/mol. The molecular formula is C35H56BN3O5. The molecule has 3 amide bonds. The number of aryl methyl sites for hydroxylation is 1. The number of carbonyl (C=O) groups excluding carboxylic acids is 3. The lowest BCUT2D eigenvalue weighted by molar-refractivity contribution is -0.199. The van der Waals surface area contributed by atoms with Crippen LogP contribution < -0.4 is 16.0 Å². The van der Waals surface area contributed by atoms with Gasteiger partial charge in [0.1, 0.15) is 6.04 Å². The molecule has 9 heteroatoms. The average molecular weight is 610 g/mol. The van der Waals surface area contributed by atoms with Crippen LogP contribution in [0.2, 0.25) is 0 Å². The van der Waals surface area contributed by atoms with Crippen molar-refractivity contribution in [3.63, 3.8) is 0 Å². The van der Waals surface area contributed by atoms with Gasteiger partial charge in [-0.2, -0.15) is 0 Å². The van der Waals surface area contributed by atoms with Crippen LogP contribution in [0.25, 0.3) is 0 Å². The summed E-state index contributed by atoms with van der Waals surface area (Å²) in [6.07, 6.45) is 9.15. The number of benzene rings is 1. The second-order valence-corrected chi connectivity index (χ2v) is 14.7. The second kappa shape index (κ2) is 14.8. The van der Waals surface area contributed by atoms with Gasteiger partial charge < -0.3 is 25.3 Å². The Hall–Kier alpha value is -2.39. The molecule has 1 aromatic carbocycles. The molecule has 1 saturated heterocycles. The molecule has 1 aliphatic heterocycles. The Balaban J connectivity index is 1.46. The fourth-order valence-corrected chi connectivity index (χ4v) is 7.59. The molecule has 0 spiro atoms. The molecule has 6 atom stereocenters. The number of hydrogen-bond acceptors (Lipinski definition) is 5. The largest absolute Gasteiger partial charge is 0.481 e.